The fourth-order valence-electron chi connectivity index (χ4n) is 3.48. The second-order valence-electron chi connectivity index (χ2n) is 6.51. The molecule has 1 heterocycles. The van der Waals surface area contributed by atoms with Crippen molar-refractivity contribution in [2.75, 3.05) is 11.4 Å². The van der Waals surface area contributed by atoms with Gasteiger partial charge in [-0.1, -0.05) is 66.7 Å². The Balaban J connectivity index is 1.50. The number of imide groups is 1. The molecule has 0 bridgehead atoms. The molecule has 2 amide bonds. The normalized spacial score (nSPS) is 17.2. The second-order valence-corrected chi connectivity index (χ2v) is 6.51. The van der Waals surface area contributed by atoms with E-state index < -0.39 is 6.04 Å². The van der Waals surface area contributed by atoms with Crippen LogP contribution in [0.15, 0.2) is 72.8 Å². The molecule has 0 spiro atoms. The first-order valence-electron chi connectivity index (χ1n) is 8.86. The average molecular weight is 344 g/mol. The summed E-state index contributed by atoms with van der Waals surface area (Å²) >= 11 is 0. The third-order valence-corrected chi connectivity index (χ3v) is 4.80. The van der Waals surface area contributed by atoms with Crippen LogP contribution in [0.5, 0.6) is 0 Å². The van der Waals surface area contributed by atoms with Crippen LogP contribution in [0.25, 0.3) is 10.8 Å². The standard InChI is InChI=1S/C22H20N2O2/c25-21-15-19(23-14-13-16-7-2-1-3-8-16)22(26)24(21)20-12-6-10-17-9-4-5-11-18(17)20/h1-12,19,23H,13-15H2. The Morgan fingerprint density at radius 1 is 0.885 bits per heavy atom. The van der Waals surface area contributed by atoms with Crippen molar-refractivity contribution in [3.8, 4) is 0 Å². The third kappa shape index (κ3) is 3.11. The first kappa shape index (κ1) is 16.5. The number of rotatable bonds is 5. The van der Waals surface area contributed by atoms with Crippen LogP contribution in [-0.2, 0) is 16.0 Å². The lowest BCUT2D eigenvalue weighted by Gasteiger charge is -2.17. The highest BCUT2D eigenvalue weighted by Gasteiger charge is 2.39. The molecule has 1 atom stereocenters. The third-order valence-electron chi connectivity index (χ3n) is 4.80. The van der Waals surface area contributed by atoms with Crippen LogP contribution >= 0.6 is 0 Å². The maximum atomic E-state index is 12.8. The van der Waals surface area contributed by atoms with Crippen molar-refractivity contribution in [3.05, 3.63) is 78.4 Å². The minimum atomic E-state index is -0.454. The summed E-state index contributed by atoms with van der Waals surface area (Å²) in [7, 11) is 0. The molecule has 3 aromatic rings. The summed E-state index contributed by atoms with van der Waals surface area (Å²) in [5.74, 6) is -0.317. The number of carbonyl (C=O) groups is 2. The molecular formula is C22H20N2O2. The van der Waals surface area contributed by atoms with Gasteiger partial charge in [-0.15, -0.1) is 0 Å². The highest BCUT2D eigenvalue weighted by molar-refractivity contribution is 6.25. The van der Waals surface area contributed by atoms with E-state index in [0.29, 0.717) is 12.2 Å². The van der Waals surface area contributed by atoms with Gasteiger partial charge in [0.25, 0.3) is 5.91 Å². The van der Waals surface area contributed by atoms with Gasteiger partial charge in [0.2, 0.25) is 5.91 Å². The molecule has 0 saturated carbocycles. The molecule has 4 nitrogen and oxygen atoms in total. The molecule has 26 heavy (non-hydrogen) atoms. The number of nitrogens with one attached hydrogen (secondary N) is 1. The Labute approximate surface area is 152 Å². The van der Waals surface area contributed by atoms with Crippen LogP contribution in [0.1, 0.15) is 12.0 Å². The summed E-state index contributed by atoms with van der Waals surface area (Å²) in [5.41, 5.74) is 1.88. The van der Waals surface area contributed by atoms with Crippen LogP contribution in [0.2, 0.25) is 0 Å². The predicted octanol–water partition coefficient (Wildman–Crippen LogP) is 3.30. The molecule has 1 aliphatic heterocycles. The van der Waals surface area contributed by atoms with Gasteiger partial charge in [-0.25, -0.2) is 4.90 Å². The van der Waals surface area contributed by atoms with Gasteiger partial charge in [0.15, 0.2) is 0 Å². The number of hydrogen-bond donors (Lipinski definition) is 1. The second kappa shape index (κ2) is 7.10. The van der Waals surface area contributed by atoms with E-state index in [1.807, 2.05) is 60.7 Å². The molecule has 1 unspecified atom stereocenters. The number of benzene rings is 3. The lowest BCUT2D eigenvalue weighted by Crippen LogP contribution is -2.39. The van der Waals surface area contributed by atoms with Crippen molar-refractivity contribution >= 4 is 28.3 Å². The van der Waals surface area contributed by atoms with Gasteiger partial charge in [0.05, 0.1) is 18.2 Å². The zero-order valence-electron chi connectivity index (χ0n) is 14.4. The van der Waals surface area contributed by atoms with Crippen molar-refractivity contribution in [2.24, 2.45) is 0 Å². The Hall–Kier alpha value is -2.98. The summed E-state index contributed by atoms with van der Waals surface area (Å²) in [6, 6.07) is 23.2. The zero-order chi connectivity index (χ0) is 17.9. The van der Waals surface area contributed by atoms with Crippen molar-refractivity contribution in [2.45, 2.75) is 18.9 Å². The van der Waals surface area contributed by atoms with Crippen LogP contribution in [0, 0.1) is 0 Å². The molecule has 1 aliphatic rings. The van der Waals surface area contributed by atoms with Crippen LogP contribution < -0.4 is 10.2 Å². The average Bonchev–Trinajstić information content (AvgIpc) is 2.96. The minimum absolute atomic E-state index is 0.149. The van der Waals surface area contributed by atoms with Gasteiger partial charge in [0.1, 0.15) is 0 Å². The number of anilines is 1. The molecule has 1 fully saturated rings. The number of hydrogen-bond acceptors (Lipinski definition) is 3. The predicted molar refractivity (Wildman–Crippen MR) is 103 cm³/mol. The SMILES string of the molecule is O=C1CC(NCCc2ccccc2)C(=O)N1c1cccc2ccccc12. The number of amides is 2. The molecule has 1 N–H and O–H groups in total. The fraction of sp³-hybridized carbons (Fsp3) is 0.182. The van der Waals surface area contributed by atoms with Gasteiger partial charge < -0.3 is 5.32 Å². The van der Waals surface area contributed by atoms with Crippen LogP contribution in [0.4, 0.5) is 5.69 Å². The van der Waals surface area contributed by atoms with Gasteiger partial charge in [-0.2, -0.15) is 0 Å². The highest BCUT2D eigenvalue weighted by atomic mass is 16.2. The van der Waals surface area contributed by atoms with E-state index in [9.17, 15) is 9.59 Å². The molecular weight excluding hydrogens is 324 g/mol. The Morgan fingerprint density at radius 2 is 1.62 bits per heavy atom. The highest BCUT2D eigenvalue weighted by Crippen LogP contribution is 2.30. The van der Waals surface area contributed by atoms with Crippen molar-refractivity contribution in [1.82, 2.24) is 5.32 Å². The summed E-state index contributed by atoms with van der Waals surface area (Å²) in [6.07, 6.45) is 1.03. The number of nitrogens with zero attached hydrogens (tertiary/aromatic N) is 1. The van der Waals surface area contributed by atoms with E-state index in [2.05, 4.69) is 17.4 Å². The van der Waals surface area contributed by atoms with E-state index in [0.717, 1.165) is 17.2 Å². The number of carbonyl (C=O) groups excluding carboxylic acids is 2. The zero-order valence-corrected chi connectivity index (χ0v) is 14.4. The van der Waals surface area contributed by atoms with Crippen molar-refractivity contribution < 1.29 is 9.59 Å². The van der Waals surface area contributed by atoms with E-state index >= 15 is 0 Å². The van der Waals surface area contributed by atoms with E-state index in [-0.39, 0.29) is 18.2 Å². The van der Waals surface area contributed by atoms with E-state index in [1.54, 1.807) is 0 Å². The van der Waals surface area contributed by atoms with Gasteiger partial charge in [-0.05, 0) is 30.0 Å². The molecule has 0 aromatic heterocycles. The Morgan fingerprint density at radius 3 is 2.46 bits per heavy atom. The van der Waals surface area contributed by atoms with Crippen molar-refractivity contribution in [3.63, 3.8) is 0 Å². The lowest BCUT2D eigenvalue weighted by atomic mass is 10.1. The van der Waals surface area contributed by atoms with Crippen molar-refractivity contribution in [1.29, 1.82) is 0 Å². The molecule has 130 valence electrons. The largest absolute Gasteiger partial charge is 0.305 e. The Bertz CT molecular complexity index is 947. The topological polar surface area (TPSA) is 49.4 Å². The van der Waals surface area contributed by atoms with Gasteiger partial charge >= 0.3 is 0 Å². The molecule has 0 aliphatic carbocycles. The summed E-state index contributed by atoms with van der Waals surface area (Å²) < 4.78 is 0. The molecule has 4 heteroatoms. The lowest BCUT2D eigenvalue weighted by molar-refractivity contribution is -0.121. The first-order chi connectivity index (χ1) is 12.7. The molecule has 1 saturated heterocycles. The summed E-state index contributed by atoms with van der Waals surface area (Å²) in [5, 5.41) is 5.18. The minimum Gasteiger partial charge on any atom is -0.305 e. The van der Waals surface area contributed by atoms with Crippen LogP contribution in [0.3, 0.4) is 0 Å². The fourth-order valence-corrected chi connectivity index (χ4v) is 3.48. The molecule has 4 rings (SSSR count). The van der Waals surface area contributed by atoms with Crippen LogP contribution in [-0.4, -0.2) is 24.4 Å². The Kier molecular flexibility index (Phi) is 4.50. The van der Waals surface area contributed by atoms with E-state index in [4.69, 9.17) is 0 Å². The monoisotopic (exact) mass is 344 g/mol. The first-order valence-corrected chi connectivity index (χ1v) is 8.86. The summed E-state index contributed by atoms with van der Waals surface area (Å²) in [4.78, 5) is 26.7. The maximum Gasteiger partial charge on any atom is 0.251 e. The molecule has 3 aromatic carbocycles. The quantitative estimate of drug-likeness (QED) is 0.723. The summed E-state index contributed by atoms with van der Waals surface area (Å²) in [6.45, 7) is 0.664. The van der Waals surface area contributed by atoms with Gasteiger partial charge in [-0.3, -0.25) is 9.59 Å². The maximum absolute atomic E-state index is 12.8. The number of fused-ring (bicyclic) bond motifs is 1. The van der Waals surface area contributed by atoms with E-state index in [1.165, 1.54) is 10.5 Å². The smallest absolute Gasteiger partial charge is 0.251 e. The molecule has 0 radical (unpaired) electrons. The van der Waals surface area contributed by atoms with Gasteiger partial charge in [0, 0.05) is 5.39 Å².